The molecule has 0 aromatic rings. The molecule has 1 saturated heterocycles. The highest BCUT2D eigenvalue weighted by molar-refractivity contribution is 5.85. The van der Waals surface area contributed by atoms with E-state index in [2.05, 4.69) is 16.8 Å². The standard InChI is InChI=1S/C15H29N3O.ClH/c1-17-8-5-9-18(11-10-17)14(19)12-15(13-16)6-3-2-4-7-15;/h2-13,16H2,1H3;1H. The molecular formula is C15H30ClN3O. The van der Waals surface area contributed by atoms with Crippen molar-refractivity contribution in [2.45, 2.75) is 44.9 Å². The number of hydrogen-bond donors (Lipinski definition) is 1. The summed E-state index contributed by atoms with van der Waals surface area (Å²) in [4.78, 5) is 16.9. The smallest absolute Gasteiger partial charge is 0.223 e. The number of amides is 1. The molecule has 0 aromatic carbocycles. The van der Waals surface area contributed by atoms with Crippen LogP contribution >= 0.6 is 12.4 Å². The van der Waals surface area contributed by atoms with Crippen molar-refractivity contribution in [2.24, 2.45) is 11.1 Å². The van der Waals surface area contributed by atoms with Crippen molar-refractivity contribution in [2.75, 3.05) is 39.8 Å². The van der Waals surface area contributed by atoms with Gasteiger partial charge >= 0.3 is 0 Å². The number of nitrogens with two attached hydrogens (primary N) is 1. The Morgan fingerprint density at radius 1 is 1.05 bits per heavy atom. The van der Waals surface area contributed by atoms with Gasteiger partial charge in [0.05, 0.1) is 0 Å². The van der Waals surface area contributed by atoms with Crippen LogP contribution in [-0.2, 0) is 4.79 Å². The molecule has 1 aliphatic carbocycles. The molecule has 20 heavy (non-hydrogen) atoms. The summed E-state index contributed by atoms with van der Waals surface area (Å²) in [6.45, 7) is 4.58. The fraction of sp³-hybridized carbons (Fsp3) is 0.933. The highest BCUT2D eigenvalue weighted by atomic mass is 35.5. The molecule has 1 aliphatic heterocycles. The molecule has 5 heteroatoms. The maximum absolute atomic E-state index is 12.5. The highest BCUT2D eigenvalue weighted by Gasteiger charge is 2.34. The molecule has 2 aliphatic rings. The molecule has 0 radical (unpaired) electrons. The van der Waals surface area contributed by atoms with Gasteiger partial charge in [-0.25, -0.2) is 0 Å². The molecule has 2 rings (SSSR count). The van der Waals surface area contributed by atoms with Gasteiger partial charge in [-0.15, -0.1) is 12.4 Å². The van der Waals surface area contributed by atoms with Gasteiger partial charge in [-0.2, -0.15) is 0 Å². The summed E-state index contributed by atoms with van der Waals surface area (Å²) >= 11 is 0. The Bertz CT molecular complexity index is 305. The third kappa shape index (κ3) is 4.61. The van der Waals surface area contributed by atoms with Gasteiger partial charge in [-0.3, -0.25) is 4.79 Å². The summed E-state index contributed by atoms with van der Waals surface area (Å²) in [6, 6.07) is 0. The third-order valence-electron chi connectivity index (χ3n) is 4.95. The second-order valence-corrected chi connectivity index (χ2v) is 6.48. The molecule has 2 fully saturated rings. The van der Waals surface area contributed by atoms with Crippen LogP contribution in [0.4, 0.5) is 0 Å². The summed E-state index contributed by atoms with van der Waals surface area (Å²) in [5, 5.41) is 0. The first kappa shape index (κ1) is 17.7. The fourth-order valence-electron chi connectivity index (χ4n) is 3.48. The van der Waals surface area contributed by atoms with Crippen LogP contribution in [0, 0.1) is 5.41 Å². The van der Waals surface area contributed by atoms with Crippen LogP contribution in [0.1, 0.15) is 44.9 Å². The van der Waals surface area contributed by atoms with Crippen molar-refractivity contribution in [3.63, 3.8) is 0 Å². The number of carbonyl (C=O) groups is 1. The van der Waals surface area contributed by atoms with E-state index in [-0.39, 0.29) is 17.8 Å². The predicted octanol–water partition coefficient (Wildman–Crippen LogP) is 1.87. The largest absolute Gasteiger partial charge is 0.341 e. The van der Waals surface area contributed by atoms with Crippen LogP contribution in [0.3, 0.4) is 0 Å². The first-order valence-corrected chi connectivity index (χ1v) is 7.82. The fourth-order valence-corrected chi connectivity index (χ4v) is 3.48. The topological polar surface area (TPSA) is 49.6 Å². The molecular weight excluding hydrogens is 274 g/mol. The Morgan fingerprint density at radius 3 is 2.40 bits per heavy atom. The van der Waals surface area contributed by atoms with Crippen molar-refractivity contribution in [1.29, 1.82) is 0 Å². The number of likely N-dealkylation sites (N-methyl/N-ethyl adjacent to an activating group) is 1. The summed E-state index contributed by atoms with van der Waals surface area (Å²) in [5.74, 6) is 0.336. The Labute approximate surface area is 129 Å². The molecule has 1 heterocycles. The van der Waals surface area contributed by atoms with Crippen LogP contribution in [0.15, 0.2) is 0 Å². The molecule has 1 saturated carbocycles. The quantitative estimate of drug-likeness (QED) is 0.866. The summed E-state index contributed by atoms with van der Waals surface area (Å²) in [6.07, 6.45) is 7.85. The van der Waals surface area contributed by atoms with Gasteiger partial charge < -0.3 is 15.5 Å². The van der Waals surface area contributed by atoms with E-state index in [9.17, 15) is 4.79 Å². The third-order valence-corrected chi connectivity index (χ3v) is 4.95. The minimum atomic E-state index is 0. The Balaban J connectivity index is 0.00000200. The van der Waals surface area contributed by atoms with Crippen molar-refractivity contribution in [3.05, 3.63) is 0 Å². The zero-order valence-corrected chi connectivity index (χ0v) is 13.6. The highest BCUT2D eigenvalue weighted by Crippen LogP contribution is 2.38. The SMILES string of the molecule is CN1CCCN(C(=O)CC2(CN)CCCCC2)CC1.Cl. The summed E-state index contributed by atoms with van der Waals surface area (Å²) in [5.41, 5.74) is 6.09. The normalized spacial score (nSPS) is 23.8. The van der Waals surface area contributed by atoms with Crippen LogP contribution in [0.25, 0.3) is 0 Å². The predicted molar refractivity (Wildman–Crippen MR) is 85.1 cm³/mol. The minimum absolute atomic E-state index is 0. The van der Waals surface area contributed by atoms with Gasteiger partial charge in [-0.1, -0.05) is 19.3 Å². The molecule has 2 N–H and O–H groups in total. The van der Waals surface area contributed by atoms with Gasteiger partial charge in [0.25, 0.3) is 0 Å². The summed E-state index contributed by atoms with van der Waals surface area (Å²) in [7, 11) is 2.14. The molecule has 1 amide bonds. The molecule has 0 spiro atoms. The zero-order valence-electron chi connectivity index (χ0n) is 12.8. The lowest BCUT2D eigenvalue weighted by Crippen LogP contribution is -2.41. The van der Waals surface area contributed by atoms with Gasteiger partial charge in [0.15, 0.2) is 0 Å². The number of carbonyl (C=O) groups excluding carboxylic acids is 1. The number of nitrogens with zero attached hydrogens (tertiary/aromatic N) is 2. The minimum Gasteiger partial charge on any atom is -0.341 e. The van der Waals surface area contributed by atoms with E-state index in [0.717, 1.165) is 45.4 Å². The maximum atomic E-state index is 12.5. The molecule has 0 aromatic heterocycles. The first-order valence-electron chi connectivity index (χ1n) is 7.82. The van der Waals surface area contributed by atoms with Crippen LogP contribution in [0.5, 0.6) is 0 Å². The number of halogens is 1. The van der Waals surface area contributed by atoms with Crippen LogP contribution < -0.4 is 5.73 Å². The average molecular weight is 304 g/mol. The van der Waals surface area contributed by atoms with Crippen LogP contribution in [-0.4, -0.2) is 55.5 Å². The van der Waals surface area contributed by atoms with E-state index < -0.39 is 0 Å². The molecule has 4 nitrogen and oxygen atoms in total. The lowest BCUT2D eigenvalue weighted by atomic mass is 9.71. The van der Waals surface area contributed by atoms with E-state index in [1.165, 1.54) is 19.3 Å². The van der Waals surface area contributed by atoms with E-state index >= 15 is 0 Å². The van der Waals surface area contributed by atoms with E-state index in [1.807, 2.05) is 0 Å². The Hall–Kier alpha value is -0.320. The summed E-state index contributed by atoms with van der Waals surface area (Å²) < 4.78 is 0. The molecule has 118 valence electrons. The van der Waals surface area contributed by atoms with Gasteiger partial charge in [0.1, 0.15) is 0 Å². The molecule has 0 atom stereocenters. The zero-order chi connectivity index (χ0) is 13.7. The average Bonchev–Trinajstić information content (AvgIpc) is 2.64. The van der Waals surface area contributed by atoms with Crippen molar-refractivity contribution >= 4 is 18.3 Å². The van der Waals surface area contributed by atoms with Gasteiger partial charge in [0.2, 0.25) is 5.91 Å². The van der Waals surface area contributed by atoms with E-state index in [1.54, 1.807) is 0 Å². The molecule has 0 bridgehead atoms. The number of rotatable bonds is 3. The van der Waals surface area contributed by atoms with Crippen LogP contribution in [0.2, 0.25) is 0 Å². The Morgan fingerprint density at radius 2 is 1.75 bits per heavy atom. The Kier molecular flexibility index (Phi) is 7.27. The van der Waals surface area contributed by atoms with E-state index in [4.69, 9.17) is 5.73 Å². The lowest BCUT2D eigenvalue weighted by Gasteiger charge is -2.37. The number of hydrogen-bond acceptors (Lipinski definition) is 3. The monoisotopic (exact) mass is 303 g/mol. The second kappa shape index (κ2) is 8.20. The van der Waals surface area contributed by atoms with Crippen molar-refractivity contribution in [3.8, 4) is 0 Å². The first-order chi connectivity index (χ1) is 9.15. The van der Waals surface area contributed by atoms with Crippen molar-refractivity contribution in [1.82, 2.24) is 9.80 Å². The lowest BCUT2D eigenvalue weighted by molar-refractivity contribution is -0.134. The second-order valence-electron chi connectivity index (χ2n) is 6.48. The van der Waals surface area contributed by atoms with Gasteiger partial charge in [0, 0.05) is 26.1 Å². The van der Waals surface area contributed by atoms with Gasteiger partial charge in [-0.05, 0) is 44.8 Å². The molecule has 0 unspecified atom stereocenters. The van der Waals surface area contributed by atoms with E-state index in [0.29, 0.717) is 18.9 Å². The van der Waals surface area contributed by atoms with Crippen molar-refractivity contribution < 1.29 is 4.79 Å². The maximum Gasteiger partial charge on any atom is 0.223 e.